The number of amides is 1. The van der Waals surface area contributed by atoms with Gasteiger partial charge >= 0.3 is 0 Å². The molecule has 0 radical (unpaired) electrons. The van der Waals surface area contributed by atoms with Gasteiger partial charge in [-0.25, -0.2) is 4.98 Å². The largest absolute Gasteiger partial charge is 0.497 e. The third kappa shape index (κ3) is 5.34. The Morgan fingerprint density at radius 3 is 2.53 bits per heavy atom. The van der Waals surface area contributed by atoms with Crippen LogP contribution in [0, 0.1) is 0 Å². The molecule has 0 spiro atoms. The zero-order chi connectivity index (χ0) is 23.1. The monoisotopic (exact) mass is 457 g/mol. The van der Waals surface area contributed by atoms with Crippen molar-refractivity contribution in [2.75, 3.05) is 20.3 Å². The normalized spacial score (nSPS) is 11.7. The van der Waals surface area contributed by atoms with Crippen LogP contribution in [0.25, 0.3) is 0 Å². The van der Waals surface area contributed by atoms with Gasteiger partial charge in [-0.3, -0.25) is 4.79 Å². The summed E-state index contributed by atoms with van der Waals surface area (Å²) in [6, 6.07) is 10.3. The highest BCUT2D eigenvalue weighted by Gasteiger charge is 2.23. The number of hydrogen-bond acceptors (Lipinski definition) is 5. The molecular weight excluding hydrogens is 430 g/mol. The predicted molar refractivity (Wildman–Crippen MR) is 124 cm³/mol. The van der Waals surface area contributed by atoms with E-state index < -0.39 is 6.04 Å². The molecule has 0 saturated carbocycles. The number of carbonyl (C=O) groups is 1. The maximum absolute atomic E-state index is 13.3. The van der Waals surface area contributed by atoms with Crippen molar-refractivity contribution in [3.8, 4) is 17.2 Å². The number of halogens is 1. The van der Waals surface area contributed by atoms with Crippen LogP contribution in [-0.2, 0) is 7.05 Å². The van der Waals surface area contributed by atoms with Crippen molar-refractivity contribution in [1.29, 1.82) is 0 Å². The fourth-order valence-corrected chi connectivity index (χ4v) is 3.53. The first kappa shape index (κ1) is 23.5. The second-order valence-corrected chi connectivity index (χ2v) is 7.55. The first-order valence-electron chi connectivity index (χ1n) is 10.5. The molecule has 1 N–H and O–H groups in total. The van der Waals surface area contributed by atoms with Gasteiger partial charge in [-0.1, -0.05) is 30.7 Å². The van der Waals surface area contributed by atoms with Gasteiger partial charge in [0.25, 0.3) is 5.91 Å². The Hall–Kier alpha value is -3.19. The molecule has 1 heterocycles. The van der Waals surface area contributed by atoms with Crippen molar-refractivity contribution in [1.82, 2.24) is 14.9 Å². The Labute approximate surface area is 193 Å². The van der Waals surface area contributed by atoms with E-state index in [-0.39, 0.29) is 5.91 Å². The van der Waals surface area contributed by atoms with Crippen LogP contribution < -0.4 is 19.5 Å². The van der Waals surface area contributed by atoms with Crippen LogP contribution in [-0.4, -0.2) is 35.8 Å². The van der Waals surface area contributed by atoms with Crippen LogP contribution >= 0.6 is 11.6 Å². The number of aryl methyl sites for hydroxylation is 1. The van der Waals surface area contributed by atoms with Crippen LogP contribution in [0.5, 0.6) is 17.2 Å². The molecule has 1 atom stereocenters. The van der Waals surface area contributed by atoms with Gasteiger partial charge in [-0.2, -0.15) is 0 Å². The summed E-state index contributed by atoms with van der Waals surface area (Å²) >= 11 is 6.45. The van der Waals surface area contributed by atoms with Crippen LogP contribution in [0.2, 0.25) is 5.02 Å². The highest BCUT2D eigenvalue weighted by molar-refractivity contribution is 6.32. The molecule has 2 aromatic carbocycles. The zero-order valence-corrected chi connectivity index (χ0v) is 19.5. The van der Waals surface area contributed by atoms with E-state index in [1.165, 1.54) is 0 Å². The van der Waals surface area contributed by atoms with Gasteiger partial charge < -0.3 is 24.1 Å². The van der Waals surface area contributed by atoms with Crippen molar-refractivity contribution >= 4 is 17.5 Å². The molecule has 32 heavy (non-hydrogen) atoms. The summed E-state index contributed by atoms with van der Waals surface area (Å²) in [5, 5.41) is 3.40. The van der Waals surface area contributed by atoms with Gasteiger partial charge in [-0.05, 0) is 43.2 Å². The quantitative estimate of drug-likeness (QED) is 0.473. The summed E-state index contributed by atoms with van der Waals surface area (Å²) in [4.78, 5) is 17.7. The van der Waals surface area contributed by atoms with E-state index in [1.807, 2.05) is 55.9 Å². The Balaban J connectivity index is 1.94. The molecule has 1 amide bonds. The Morgan fingerprint density at radius 1 is 1.19 bits per heavy atom. The van der Waals surface area contributed by atoms with Crippen molar-refractivity contribution in [2.45, 2.75) is 26.3 Å². The first-order valence-corrected chi connectivity index (χ1v) is 10.9. The van der Waals surface area contributed by atoms with Gasteiger partial charge in [0.1, 0.15) is 17.6 Å². The maximum atomic E-state index is 13.3. The van der Waals surface area contributed by atoms with Crippen molar-refractivity contribution in [2.24, 2.45) is 7.05 Å². The molecule has 0 fully saturated rings. The number of methoxy groups -OCH3 is 1. The van der Waals surface area contributed by atoms with Crippen molar-refractivity contribution < 1.29 is 19.0 Å². The molecule has 3 aromatic rings. The van der Waals surface area contributed by atoms with Crippen molar-refractivity contribution in [3.63, 3.8) is 0 Å². The molecule has 0 aliphatic carbocycles. The van der Waals surface area contributed by atoms with Crippen LogP contribution in [0.1, 0.15) is 48.1 Å². The molecule has 170 valence electrons. The molecular formula is C24H28ClN3O4. The third-order valence-corrected chi connectivity index (χ3v) is 5.14. The lowest BCUT2D eigenvalue weighted by Gasteiger charge is -2.20. The summed E-state index contributed by atoms with van der Waals surface area (Å²) in [6.45, 7) is 4.80. The topological polar surface area (TPSA) is 74.6 Å². The highest BCUT2D eigenvalue weighted by Crippen LogP contribution is 2.37. The van der Waals surface area contributed by atoms with E-state index in [1.54, 1.807) is 25.4 Å². The Morgan fingerprint density at radius 2 is 1.94 bits per heavy atom. The molecule has 7 nitrogen and oxygen atoms in total. The third-order valence-electron chi connectivity index (χ3n) is 4.86. The molecule has 0 bridgehead atoms. The number of hydrogen-bond donors (Lipinski definition) is 1. The minimum Gasteiger partial charge on any atom is -0.497 e. The zero-order valence-electron chi connectivity index (χ0n) is 18.7. The fourth-order valence-electron chi connectivity index (χ4n) is 3.27. The summed E-state index contributed by atoms with van der Waals surface area (Å²) < 4.78 is 18.6. The number of carbonyl (C=O) groups excluding carboxylic acids is 1. The van der Waals surface area contributed by atoms with Gasteiger partial charge in [0.05, 0.1) is 25.3 Å². The summed E-state index contributed by atoms with van der Waals surface area (Å²) in [5.41, 5.74) is 1.24. The Bertz CT molecular complexity index is 1050. The molecule has 0 aliphatic rings. The second kappa shape index (κ2) is 10.9. The summed E-state index contributed by atoms with van der Waals surface area (Å²) in [5.74, 6) is 2.01. The van der Waals surface area contributed by atoms with E-state index in [0.717, 1.165) is 17.7 Å². The van der Waals surface area contributed by atoms with E-state index in [9.17, 15) is 4.79 Å². The summed E-state index contributed by atoms with van der Waals surface area (Å²) in [7, 11) is 3.50. The molecule has 8 heteroatoms. The van der Waals surface area contributed by atoms with Crippen LogP contribution in [0.4, 0.5) is 0 Å². The maximum Gasteiger partial charge on any atom is 0.252 e. The standard InChI is InChI=1S/C24H28ClN3O4/c1-5-13-32-22-19(25)14-17(15-20(22)31-6-2)24(29)27-21(23-26-11-12-28(23)3)16-7-9-18(30-4)10-8-16/h7-12,14-15,21H,5-6,13H2,1-4H3,(H,27,29)/t21-/m0/s1. The molecule has 0 unspecified atom stereocenters. The number of nitrogens with one attached hydrogen (secondary N) is 1. The Kier molecular flexibility index (Phi) is 8.00. The van der Waals surface area contributed by atoms with Gasteiger partial charge in [0.2, 0.25) is 0 Å². The van der Waals surface area contributed by atoms with Gasteiger partial charge in [-0.15, -0.1) is 0 Å². The van der Waals surface area contributed by atoms with Gasteiger partial charge in [0.15, 0.2) is 11.5 Å². The fraction of sp³-hybridized carbons (Fsp3) is 0.333. The van der Waals surface area contributed by atoms with E-state index in [0.29, 0.717) is 41.1 Å². The van der Waals surface area contributed by atoms with E-state index >= 15 is 0 Å². The van der Waals surface area contributed by atoms with E-state index in [4.69, 9.17) is 25.8 Å². The SMILES string of the molecule is CCCOc1c(Cl)cc(C(=O)N[C@@H](c2ccc(OC)cc2)c2nccn2C)cc1OCC. The lowest BCUT2D eigenvalue weighted by atomic mass is 10.0. The van der Waals surface area contributed by atoms with Gasteiger partial charge in [0, 0.05) is 25.0 Å². The molecule has 1 aromatic heterocycles. The second-order valence-electron chi connectivity index (χ2n) is 7.14. The molecule has 0 saturated heterocycles. The number of imidazole rings is 1. The minimum atomic E-state index is -0.473. The number of benzene rings is 2. The average Bonchev–Trinajstić information content (AvgIpc) is 3.22. The smallest absolute Gasteiger partial charge is 0.252 e. The molecule has 3 rings (SSSR count). The number of aromatic nitrogens is 2. The first-order chi connectivity index (χ1) is 15.5. The predicted octanol–water partition coefficient (Wildman–Crippen LogP) is 4.79. The number of ether oxygens (including phenoxy) is 3. The van der Waals surface area contributed by atoms with E-state index in [2.05, 4.69) is 10.3 Å². The molecule has 0 aliphatic heterocycles. The van der Waals surface area contributed by atoms with Crippen LogP contribution in [0.15, 0.2) is 48.8 Å². The van der Waals surface area contributed by atoms with Crippen molar-refractivity contribution in [3.05, 3.63) is 70.8 Å². The minimum absolute atomic E-state index is 0.307. The summed E-state index contributed by atoms with van der Waals surface area (Å²) in [6.07, 6.45) is 4.36. The lowest BCUT2D eigenvalue weighted by molar-refractivity contribution is 0.0940. The number of rotatable bonds is 10. The average molecular weight is 458 g/mol. The lowest BCUT2D eigenvalue weighted by Crippen LogP contribution is -2.31. The van der Waals surface area contributed by atoms with Crippen LogP contribution in [0.3, 0.4) is 0 Å². The number of nitrogens with zero attached hydrogens (tertiary/aromatic N) is 2. The highest BCUT2D eigenvalue weighted by atomic mass is 35.5.